The summed E-state index contributed by atoms with van der Waals surface area (Å²) in [7, 11) is 1.76. The Bertz CT molecular complexity index is 185. The zero-order chi connectivity index (χ0) is 11.3. The van der Waals surface area contributed by atoms with E-state index in [4.69, 9.17) is 15.2 Å². The number of methoxy groups -OCH3 is 1. The molecule has 90 valence electrons. The van der Waals surface area contributed by atoms with Gasteiger partial charge in [0.25, 0.3) is 0 Å². The highest BCUT2D eigenvalue weighted by Gasteiger charge is 2.24. The first-order chi connectivity index (χ1) is 7.09. The molecule has 0 aromatic heterocycles. The molecule has 0 radical (unpaired) electrons. The lowest BCUT2D eigenvalue weighted by molar-refractivity contribution is -0.0298. The molecular formula is C11H24N2O2. The second-order valence-corrected chi connectivity index (χ2v) is 4.71. The van der Waals surface area contributed by atoms with Gasteiger partial charge in [0.2, 0.25) is 0 Å². The van der Waals surface area contributed by atoms with E-state index >= 15 is 0 Å². The fourth-order valence-corrected chi connectivity index (χ4v) is 1.72. The summed E-state index contributed by atoms with van der Waals surface area (Å²) in [6.07, 6.45) is 1.03. The van der Waals surface area contributed by atoms with Gasteiger partial charge in [-0.2, -0.15) is 0 Å². The molecular weight excluding hydrogens is 192 g/mol. The molecule has 2 N–H and O–H groups in total. The van der Waals surface area contributed by atoms with Gasteiger partial charge in [0.1, 0.15) is 0 Å². The number of hydrogen-bond donors (Lipinski definition) is 1. The van der Waals surface area contributed by atoms with E-state index in [1.165, 1.54) is 0 Å². The molecule has 0 amide bonds. The third-order valence-corrected chi connectivity index (χ3v) is 3.18. The van der Waals surface area contributed by atoms with Gasteiger partial charge in [-0.05, 0) is 20.3 Å². The number of nitrogens with two attached hydrogens (primary N) is 1. The van der Waals surface area contributed by atoms with Crippen molar-refractivity contribution in [2.24, 2.45) is 5.73 Å². The Balaban J connectivity index is 2.35. The maximum absolute atomic E-state index is 5.71. The van der Waals surface area contributed by atoms with E-state index in [-0.39, 0.29) is 5.60 Å². The van der Waals surface area contributed by atoms with Gasteiger partial charge < -0.3 is 15.2 Å². The highest BCUT2D eigenvalue weighted by atomic mass is 16.5. The van der Waals surface area contributed by atoms with Crippen LogP contribution in [0.5, 0.6) is 0 Å². The van der Waals surface area contributed by atoms with Crippen LogP contribution in [0, 0.1) is 0 Å². The summed E-state index contributed by atoms with van der Waals surface area (Å²) < 4.78 is 10.8. The third-order valence-electron chi connectivity index (χ3n) is 3.18. The van der Waals surface area contributed by atoms with E-state index < -0.39 is 0 Å². The molecule has 1 heterocycles. The quantitative estimate of drug-likeness (QED) is 0.725. The number of rotatable bonds is 5. The number of ether oxygens (including phenoxy) is 2. The van der Waals surface area contributed by atoms with Gasteiger partial charge >= 0.3 is 0 Å². The van der Waals surface area contributed by atoms with Gasteiger partial charge in [0.15, 0.2) is 0 Å². The van der Waals surface area contributed by atoms with Crippen molar-refractivity contribution in [1.82, 2.24) is 4.90 Å². The van der Waals surface area contributed by atoms with E-state index in [1.54, 1.807) is 7.11 Å². The molecule has 1 atom stereocenters. The van der Waals surface area contributed by atoms with Crippen molar-refractivity contribution in [1.29, 1.82) is 0 Å². The molecule has 4 heteroatoms. The van der Waals surface area contributed by atoms with Crippen molar-refractivity contribution < 1.29 is 9.47 Å². The Labute approximate surface area is 92.7 Å². The highest BCUT2D eigenvalue weighted by molar-refractivity contribution is 4.79. The average Bonchev–Trinajstić information content (AvgIpc) is 2.27. The average molecular weight is 216 g/mol. The first-order valence-electron chi connectivity index (χ1n) is 5.66. The molecule has 0 aromatic rings. The largest absolute Gasteiger partial charge is 0.379 e. The molecule has 0 aromatic carbocycles. The maximum Gasteiger partial charge on any atom is 0.0634 e. The Kier molecular flexibility index (Phi) is 4.99. The maximum atomic E-state index is 5.71. The molecule has 0 saturated carbocycles. The fourth-order valence-electron chi connectivity index (χ4n) is 1.72. The standard InChI is InChI=1S/C11H24N2O2/c1-11(2,14-3)4-5-13-6-7-15-9-10(13)8-12/h10H,4-9,12H2,1-3H3. The molecule has 1 rings (SSSR count). The Morgan fingerprint density at radius 2 is 2.27 bits per heavy atom. The Morgan fingerprint density at radius 1 is 1.53 bits per heavy atom. The second-order valence-electron chi connectivity index (χ2n) is 4.71. The molecule has 4 nitrogen and oxygen atoms in total. The normalized spacial score (nSPS) is 24.4. The van der Waals surface area contributed by atoms with Crippen molar-refractivity contribution >= 4 is 0 Å². The summed E-state index contributed by atoms with van der Waals surface area (Å²) in [6.45, 7) is 8.52. The monoisotopic (exact) mass is 216 g/mol. The van der Waals surface area contributed by atoms with Crippen molar-refractivity contribution in [3.63, 3.8) is 0 Å². The molecule has 1 aliphatic rings. The van der Waals surface area contributed by atoms with Crippen LogP contribution in [-0.2, 0) is 9.47 Å². The minimum atomic E-state index is -0.0442. The number of hydrogen-bond acceptors (Lipinski definition) is 4. The van der Waals surface area contributed by atoms with Crippen LogP contribution in [0.3, 0.4) is 0 Å². The fraction of sp³-hybridized carbons (Fsp3) is 1.00. The summed E-state index contributed by atoms with van der Waals surface area (Å²) in [5.74, 6) is 0. The van der Waals surface area contributed by atoms with E-state index in [0.29, 0.717) is 12.6 Å². The lowest BCUT2D eigenvalue weighted by Gasteiger charge is -2.36. The Hall–Kier alpha value is -0.160. The first-order valence-corrected chi connectivity index (χ1v) is 5.66. The van der Waals surface area contributed by atoms with Crippen LogP contribution in [0.15, 0.2) is 0 Å². The van der Waals surface area contributed by atoms with Crippen LogP contribution in [0.25, 0.3) is 0 Å². The molecule has 0 aliphatic carbocycles. The topological polar surface area (TPSA) is 47.7 Å². The van der Waals surface area contributed by atoms with E-state index in [2.05, 4.69) is 18.7 Å². The lowest BCUT2D eigenvalue weighted by atomic mass is 10.0. The summed E-state index contributed by atoms with van der Waals surface area (Å²) in [5, 5.41) is 0. The Morgan fingerprint density at radius 3 is 2.87 bits per heavy atom. The van der Waals surface area contributed by atoms with Crippen LogP contribution in [0.4, 0.5) is 0 Å². The van der Waals surface area contributed by atoms with E-state index in [0.717, 1.165) is 32.7 Å². The molecule has 15 heavy (non-hydrogen) atoms. The number of morpholine rings is 1. The summed E-state index contributed by atoms with van der Waals surface area (Å²) >= 11 is 0. The SMILES string of the molecule is COC(C)(C)CCN1CCOCC1CN. The molecule has 1 saturated heterocycles. The lowest BCUT2D eigenvalue weighted by Crippen LogP contribution is -2.50. The smallest absolute Gasteiger partial charge is 0.0634 e. The third kappa shape index (κ3) is 4.07. The van der Waals surface area contributed by atoms with E-state index in [1.807, 2.05) is 0 Å². The van der Waals surface area contributed by atoms with Crippen molar-refractivity contribution in [2.75, 3.05) is 40.0 Å². The van der Waals surface area contributed by atoms with Crippen LogP contribution >= 0.6 is 0 Å². The highest BCUT2D eigenvalue weighted by Crippen LogP contribution is 2.15. The summed E-state index contributed by atoms with van der Waals surface area (Å²) in [5.41, 5.74) is 5.67. The van der Waals surface area contributed by atoms with Gasteiger partial charge in [0.05, 0.1) is 18.8 Å². The molecule has 0 spiro atoms. The summed E-state index contributed by atoms with van der Waals surface area (Å²) in [6, 6.07) is 0.381. The van der Waals surface area contributed by atoms with Gasteiger partial charge in [-0.25, -0.2) is 0 Å². The van der Waals surface area contributed by atoms with Crippen molar-refractivity contribution in [3.05, 3.63) is 0 Å². The van der Waals surface area contributed by atoms with Gasteiger partial charge in [-0.3, -0.25) is 4.90 Å². The van der Waals surface area contributed by atoms with Gasteiger partial charge in [0, 0.05) is 32.8 Å². The molecule has 1 fully saturated rings. The van der Waals surface area contributed by atoms with Gasteiger partial charge in [-0.1, -0.05) is 0 Å². The van der Waals surface area contributed by atoms with Crippen molar-refractivity contribution in [2.45, 2.75) is 31.9 Å². The molecule has 1 unspecified atom stereocenters. The van der Waals surface area contributed by atoms with Crippen LogP contribution in [-0.4, -0.2) is 56.5 Å². The number of nitrogens with zero attached hydrogens (tertiary/aromatic N) is 1. The minimum absolute atomic E-state index is 0.0442. The van der Waals surface area contributed by atoms with Crippen LogP contribution < -0.4 is 5.73 Å². The molecule has 1 aliphatic heterocycles. The zero-order valence-corrected chi connectivity index (χ0v) is 10.2. The summed E-state index contributed by atoms with van der Waals surface area (Å²) in [4.78, 5) is 2.41. The predicted octanol–water partition coefficient (Wildman–Crippen LogP) is 0.461. The molecule has 0 bridgehead atoms. The minimum Gasteiger partial charge on any atom is -0.379 e. The van der Waals surface area contributed by atoms with Gasteiger partial charge in [-0.15, -0.1) is 0 Å². The predicted molar refractivity (Wildman–Crippen MR) is 60.9 cm³/mol. The van der Waals surface area contributed by atoms with Crippen LogP contribution in [0.2, 0.25) is 0 Å². The van der Waals surface area contributed by atoms with E-state index in [9.17, 15) is 0 Å². The first kappa shape index (κ1) is 12.9. The zero-order valence-electron chi connectivity index (χ0n) is 10.2. The van der Waals surface area contributed by atoms with Crippen molar-refractivity contribution in [3.8, 4) is 0 Å². The second kappa shape index (κ2) is 5.80. The van der Waals surface area contributed by atoms with Crippen LogP contribution in [0.1, 0.15) is 20.3 Å².